The van der Waals surface area contributed by atoms with E-state index in [2.05, 4.69) is 39.8 Å². The minimum atomic E-state index is -3.84. The fraction of sp³-hybridized carbons (Fsp3) is 0.298. The van der Waals surface area contributed by atoms with Crippen LogP contribution in [0.15, 0.2) is 66.6 Å². The molecule has 0 unspecified atom stereocenters. The number of nitrogens with one attached hydrogen (secondary N) is 4. The van der Waals surface area contributed by atoms with E-state index in [4.69, 9.17) is 24.6 Å². The highest BCUT2D eigenvalue weighted by molar-refractivity contribution is 7.89. The molecule has 0 spiro atoms. The van der Waals surface area contributed by atoms with Crippen molar-refractivity contribution in [2.45, 2.75) is 58.3 Å². The van der Waals surface area contributed by atoms with Crippen molar-refractivity contribution in [1.82, 2.24) is 30.6 Å². The quantitative estimate of drug-likeness (QED) is 0.0531. The van der Waals surface area contributed by atoms with E-state index in [1.165, 1.54) is 24.3 Å². The van der Waals surface area contributed by atoms with Crippen molar-refractivity contribution in [1.29, 1.82) is 0 Å². The number of nitrogens with zero attached hydrogens (tertiary/aromatic N) is 2. The molecule has 330 valence electrons. The number of aryl methyl sites for hydroxylation is 2. The summed E-state index contributed by atoms with van der Waals surface area (Å²) in [7, 11) is -3.84. The number of aromatic amines is 2. The van der Waals surface area contributed by atoms with Gasteiger partial charge in [-0.15, -0.1) is 0 Å². The van der Waals surface area contributed by atoms with Crippen LogP contribution in [0.1, 0.15) is 94.9 Å². The van der Waals surface area contributed by atoms with Crippen molar-refractivity contribution in [3.05, 3.63) is 112 Å². The van der Waals surface area contributed by atoms with Gasteiger partial charge in [-0.2, -0.15) is 0 Å². The summed E-state index contributed by atoms with van der Waals surface area (Å²) >= 11 is 0. The number of allylic oxidation sites excluding steroid dienone is 4. The number of hydrogen-bond acceptors (Lipinski definition) is 9. The fourth-order valence-corrected chi connectivity index (χ4v) is 8.10. The van der Waals surface area contributed by atoms with Gasteiger partial charge >= 0.3 is 5.97 Å². The molecule has 8 bridgehead atoms. The van der Waals surface area contributed by atoms with E-state index in [0.717, 1.165) is 78.0 Å². The number of carbonyl (C=O) groups excluding carboxylic acids is 2. The molecular formula is C47H53N7O8S. The van der Waals surface area contributed by atoms with Crippen LogP contribution in [0.3, 0.4) is 0 Å². The molecule has 0 atom stereocenters. The number of aliphatic carboxylic acids is 1. The second kappa shape index (κ2) is 20.2. The Labute approximate surface area is 366 Å². The largest absolute Gasteiger partial charge is 0.481 e. The molecule has 6 rings (SSSR count). The van der Waals surface area contributed by atoms with Crippen LogP contribution in [0.4, 0.5) is 0 Å². The van der Waals surface area contributed by atoms with Crippen LogP contribution in [0.2, 0.25) is 0 Å². The number of carbonyl (C=O) groups is 3. The average molecular weight is 876 g/mol. The van der Waals surface area contributed by atoms with Crippen molar-refractivity contribution >= 4 is 84.3 Å². The molecule has 0 fully saturated rings. The highest BCUT2D eigenvalue weighted by Gasteiger charge is 2.23. The van der Waals surface area contributed by atoms with Crippen LogP contribution in [-0.4, -0.2) is 90.8 Å². The number of sulfonamides is 1. The third-order valence-electron chi connectivity index (χ3n) is 11.1. The Morgan fingerprint density at radius 3 is 1.71 bits per heavy atom. The Balaban J connectivity index is 1.13. The van der Waals surface area contributed by atoms with Gasteiger partial charge in [-0.05, 0) is 122 Å². The molecule has 63 heavy (non-hydrogen) atoms. The number of carboxylic acid groups (broad SMARTS) is 1. The van der Waals surface area contributed by atoms with Crippen LogP contribution < -0.4 is 15.8 Å². The normalized spacial score (nSPS) is 12.7. The van der Waals surface area contributed by atoms with Gasteiger partial charge in [0, 0.05) is 64.7 Å². The van der Waals surface area contributed by atoms with Crippen molar-refractivity contribution < 1.29 is 37.4 Å². The third-order valence-corrected chi connectivity index (χ3v) is 12.1. The first-order valence-electron chi connectivity index (χ1n) is 20.6. The first-order valence-corrected chi connectivity index (χ1v) is 22.1. The number of aromatic nitrogens is 4. The van der Waals surface area contributed by atoms with E-state index in [1.807, 2.05) is 58.0 Å². The highest BCUT2D eigenvalue weighted by Crippen LogP contribution is 2.38. The summed E-state index contributed by atoms with van der Waals surface area (Å²) < 4.78 is 34.0. The van der Waals surface area contributed by atoms with E-state index in [9.17, 15) is 27.9 Å². The van der Waals surface area contributed by atoms with Crippen LogP contribution >= 0.6 is 0 Å². The number of primary sulfonamides is 1. The lowest BCUT2D eigenvalue weighted by Crippen LogP contribution is -2.28. The topological polar surface area (TPSA) is 231 Å². The van der Waals surface area contributed by atoms with Crippen LogP contribution in [0.5, 0.6) is 0 Å². The van der Waals surface area contributed by atoms with Crippen LogP contribution in [0.25, 0.3) is 56.5 Å². The van der Waals surface area contributed by atoms with E-state index in [-0.39, 0.29) is 68.9 Å². The van der Waals surface area contributed by atoms with Crippen LogP contribution in [0, 0.1) is 13.8 Å². The SMILES string of the molecule is C=Cc1c(C)c2cc3[nH]c(cc4nc(cc5nc(cc1[nH]2)C(C)=C5CCC(=O)NCCOCCOCCNC(=O)c1ccc(S(N)(=O)=O)cc1)C(CCC(=O)O)=C4C)c(C)c3C=C. The van der Waals surface area contributed by atoms with Gasteiger partial charge in [-0.25, -0.2) is 23.5 Å². The summed E-state index contributed by atoms with van der Waals surface area (Å²) in [6.07, 6.45) is 4.47. The van der Waals surface area contributed by atoms with Gasteiger partial charge in [0.2, 0.25) is 15.9 Å². The minimum Gasteiger partial charge on any atom is -0.481 e. The summed E-state index contributed by atoms with van der Waals surface area (Å²) in [6, 6.07) is 13.3. The number of H-pyrrole nitrogens is 2. The smallest absolute Gasteiger partial charge is 0.303 e. The van der Waals surface area contributed by atoms with Crippen molar-refractivity contribution in [3.63, 3.8) is 0 Å². The van der Waals surface area contributed by atoms with E-state index in [0.29, 0.717) is 29.9 Å². The molecule has 0 saturated carbocycles. The Hall–Kier alpha value is -6.46. The molecule has 7 N–H and O–H groups in total. The molecule has 1 aromatic carbocycles. The van der Waals surface area contributed by atoms with Gasteiger partial charge in [-0.3, -0.25) is 14.4 Å². The highest BCUT2D eigenvalue weighted by atomic mass is 32.2. The molecule has 4 aromatic rings. The lowest BCUT2D eigenvalue weighted by atomic mass is 9.98. The summed E-state index contributed by atoms with van der Waals surface area (Å²) in [5, 5.41) is 20.3. The number of carboxylic acids is 1. The Kier molecular flexibility index (Phi) is 14.7. The van der Waals surface area contributed by atoms with Gasteiger partial charge in [0.1, 0.15) is 0 Å². The minimum absolute atomic E-state index is 0.0610. The van der Waals surface area contributed by atoms with Gasteiger partial charge in [0.25, 0.3) is 5.91 Å². The monoisotopic (exact) mass is 875 g/mol. The summed E-state index contributed by atoms with van der Waals surface area (Å²) in [4.78, 5) is 54.4. The zero-order chi connectivity index (χ0) is 45.4. The van der Waals surface area contributed by atoms with Crippen LogP contribution in [-0.2, 0) is 29.1 Å². The molecule has 2 aliphatic rings. The molecule has 0 saturated heterocycles. The number of fused-ring (bicyclic) bond motifs is 8. The summed E-state index contributed by atoms with van der Waals surface area (Å²) in [5.74, 6) is -1.44. The molecule has 0 radical (unpaired) electrons. The molecule has 2 aliphatic heterocycles. The van der Waals surface area contributed by atoms with Crippen molar-refractivity contribution in [3.8, 4) is 0 Å². The predicted octanol–water partition coefficient (Wildman–Crippen LogP) is 6.95. The molecular weight excluding hydrogens is 823 g/mol. The fourth-order valence-electron chi connectivity index (χ4n) is 7.58. The first-order chi connectivity index (χ1) is 30.1. The van der Waals surface area contributed by atoms with Crippen molar-refractivity contribution in [2.24, 2.45) is 5.14 Å². The molecule has 2 amide bonds. The predicted molar refractivity (Wildman–Crippen MR) is 247 cm³/mol. The number of benzene rings is 1. The van der Waals surface area contributed by atoms with Gasteiger partial charge in [0.05, 0.1) is 54.1 Å². The van der Waals surface area contributed by atoms with Gasteiger partial charge in [0.15, 0.2) is 0 Å². The Morgan fingerprint density at radius 2 is 1.19 bits per heavy atom. The maximum Gasteiger partial charge on any atom is 0.303 e. The van der Waals surface area contributed by atoms with Crippen molar-refractivity contribution in [2.75, 3.05) is 39.5 Å². The zero-order valence-electron chi connectivity index (χ0n) is 35.9. The number of ether oxygens (including phenoxy) is 2. The molecule has 0 aliphatic carbocycles. The van der Waals surface area contributed by atoms with Gasteiger partial charge < -0.3 is 35.2 Å². The Bertz CT molecular complexity index is 2820. The summed E-state index contributed by atoms with van der Waals surface area (Å²) in [5.41, 5.74) is 14.0. The molecule has 15 nitrogen and oxygen atoms in total. The lowest BCUT2D eigenvalue weighted by Gasteiger charge is -2.09. The second-order valence-corrected chi connectivity index (χ2v) is 16.8. The maximum atomic E-state index is 13.1. The Morgan fingerprint density at radius 1 is 0.698 bits per heavy atom. The first kappa shape index (κ1) is 46.1. The zero-order valence-corrected chi connectivity index (χ0v) is 36.8. The standard InChI is InChI=1S/C47H53N7O8S/c1-7-33-27(3)37-23-38-30(6)36(14-16-46(56)57)44(53-38)26-43-35(29(5)40(54-43)25-42-34(8-2)28(4)39(52-42)24-41(33)51-37)13-15-45(55)49-17-19-61-21-22-62-20-18-50-47(58)31-9-11-32(12-10-31)63(48,59)60/h7-12,23-26,51-52H,1-2,13-22H2,3-6H3,(H,49,55)(H,50,58)(H,56,57)(H2,48,59,60). The number of hydrogen-bond donors (Lipinski definition) is 6. The average Bonchev–Trinajstić information content (AvgIpc) is 3.91. The number of amides is 2. The third kappa shape index (κ3) is 11.0. The molecule has 5 heterocycles. The van der Waals surface area contributed by atoms with E-state index < -0.39 is 16.0 Å². The van der Waals surface area contributed by atoms with E-state index in [1.54, 1.807) is 0 Å². The second-order valence-electron chi connectivity index (χ2n) is 15.2. The maximum absolute atomic E-state index is 13.1. The molecule has 3 aromatic heterocycles. The van der Waals surface area contributed by atoms with E-state index >= 15 is 0 Å². The number of nitrogens with two attached hydrogens (primary N) is 1. The number of rotatable bonds is 19. The lowest BCUT2D eigenvalue weighted by molar-refractivity contribution is -0.136. The van der Waals surface area contributed by atoms with Gasteiger partial charge in [-0.1, -0.05) is 25.3 Å². The molecule has 16 heteroatoms. The summed E-state index contributed by atoms with van der Waals surface area (Å²) in [6.45, 7) is 17.8.